The summed E-state index contributed by atoms with van der Waals surface area (Å²) in [6.45, 7) is 4.56. The number of hydrogen-bond donors (Lipinski definition) is 1. The van der Waals surface area contributed by atoms with Crippen molar-refractivity contribution >= 4 is 0 Å². The number of hydrogen-bond acceptors (Lipinski definition) is 3. The Morgan fingerprint density at radius 3 is 1.87 bits per heavy atom. The molecular formula is C12H21NO2. The fourth-order valence-corrected chi connectivity index (χ4v) is 1.18. The summed E-state index contributed by atoms with van der Waals surface area (Å²) in [6, 6.07) is 7.86. The first-order chi connectivity index (χ1) is 7.31. The largest absolute Gasteiger partial charge is 0.352 e. The van der Waals surface area contributed by atoms with Crippen LogP contribution in [-0.2, 0) is 16.0 Å². The Labute approximate surface area is 92.2 Å². The van der Waals surface area contributed by atoms with E-state index in [0.29, 0.717) is 6.54 Å². The van der Waals surface area contributed by atoms with Gasteiger partial charge in [0.05, 0.1) is 0 Å². The number of rotatable bonds is 4. The standard InChI is InChI=1S/C10H15NO2.C2H6/c1-12-10(13-2)9-5-3-8(7-11)4-6-9;1-2/h3-6,10H,7,11H2,1-2H3;1-2H3. The number of benzene rings is 1. The molecule has 0 radical (unpaired) electrons. The van der Waals surface area contributed by atoms with Crippen molar-refractivity contribution in [2.24, 2.45) is 5.73 Å². The zero-order valence-corrected chi connectivity index (χ0v) is 9.99. The average molecular weight is 211 g/mol. The van der Waals surface area contributed by atoms with Crippen LogP contribution in [0.2, 0.25) is 0 Å². The van der Waals surface area contributed by atoms with E-state index >= 15 is 0 Å². The van der Waals surface area contributed by atoms with Gasteiger partial charge in [-0.2, -0.15) is 0 Å². The summed E-state index contributed by atoms with van der Waals surface area (Å²) in [7, 11) is 3.23. The van der Waals surface area contributed by atoms with Gasteiger partial charge in [-0.05, 0) is 5.56 Å². The van der Waals surface area contributed by atoms with Gasteiger partial charge in [0.2, 0.25) is 0 Å². The summed E-state index contributed by atoms with van der Waals surface area (Å²) in [4.78, 5) is 0. The predicted octanol–water partition coefficient (Wildman–Crippen LogP) is 2.46. The highest BCUT2D eigenvalue weighted by atomic mass is 16.7. The van der Waals surface area contributed by atoms with Gasteiger partial charge in [-0.15, -0.1) is 0 Å². The van der Waals surface area contributed by atoms with Gasteiger partial charge in [-0.1, -0.05) is 38.1 Å². The molecule has 0 amide bonds. The van der Waals surface area contributed by atoms with Crippen molar-refractivity contribution in [3.05, 3.63) is 35.4 Å². The van der Waals surface area contributed by atoms with Gasteiger partial charge in [-0.3, -0.25) is 0 Å². The lowest BCUT2D eigenvalue weighted by atomic mass is 10.1. The number of methoxy groups -OCH3 is 2. The molecule has 86 valence electrons. The van der Waals surface area contributed by atoms with Crippen molar-refractivity contribution in [1.82, 2.24) is 0 Å². The van der Waals surface area contributed by atoms with E-state index in [1.54, 1.807) is 14.2 Å². The minimum absolute atomic E-state index is 0.285. The molecule has 0 aromatic heterocycles. The second-order valence-electron chi connectivity index (χ2n) is 2.75. The molecule has 15 heavy (non-hydrogen) atoms. The smallest absolute Gasteiger partial charge is 0.183 e. The van der Waals surface area contributed by atoms with E-state index in [0.717, 1.165) is 11.1 Å². The minimum Gasteiger partial charge on any atom is -0.352 e. The zero-order chi connectivity index (χ0) is 11.7. The lowest BCUT2D eigenvalue weighted by Crippen LogP contribution is -2.04. The molecule has 0 heterocycles. The predicted molar refractivity (Wildman–Crippen MR) is 62.4 cm³/mol. The van der Waals surface area contributed by atoms with Crippen LogP contribution in [0, 0.1) is 0 Å². The molecule has 0 unspecified atom stereocenters. The molecule has 3 heteroatoms. The molecule has 0 saturated carbocycles. The molecule has 0 bridgehead atoms. The Morgan fingerprint density at radius 2 is 1.53 bits per heavy atom. The summed E-state index contributed by atoms with van der Waals surface area (Å²) in [6.07, 6.45) is -0.285. The second kappa shape index (κ2) is 8.41. The van der Waals surface area contributed by atoms with Gasteiger partial charge < -0.3 is 15.2 Å². The maximum Gasteiger partial charge on any atom is 0.183 e. The first-order valence-corrected chi connectivity index (χ1v) is 5.16. The second-order valence-corrected chi connectivity index (χ2v) is 2.75. The van der Waals surface area contributed by atoms with Gasteiger partial charge in [0.15, 0.2) is 6.29 Å². The number of nitrogens with two attached hydrogens (primary N) is 1. The molecule has 0 saturated heterocycles. The molecule has 3 nitrogen and oxygen atoms in total. The summed E-state index contributed by atoms with van der Waals surface area (Å²) >= 11 is 0. The first-order valence-electron chi connectivity index (χ1n) is 5.16. The van der Waals surface area contributed by atoms with Gasteiger partial charge in [-0.25, -0.2) is 0 Å². The molecule has 0 aliphatic carbocycles. The minimum atomic E-state index is -0.285. The molecule has 0 aliphatic heterocycles. The van der Waals surface area contributed by atoms with E-state index in [-0.39, 0.29) is 6.29 Å². The molecule has 1 aromatic carbocycles. The van der Waals surface area contributed by atoms with Gasteiger partial charge in [0, 0.05) is 26.3 Å². The van der Waals surface area contributed by atoms with E-state index in [2.05, 4.69) is 0 Å². The molecule has 0 fully saturated rings. The van der Waals surface area contributed by atoms with Crippen molar-refractivity contribution < 1.29 is 9.47 Å². The van der Waals surface area contributed by atoms with Crippen molar-refractivity contribution in [1.29, 1.82) is 0 Å². The maximum atomic E-state index is 5.48. The first kappa shape index (κ1) is 14.1. The van der Waals surface area contributed by atoms with Crippen LogP contribution >= 0.6 is 0 Å². The van der Waals surface area contributed by atoms with Crippen molar-refractivity contribution in [2.45, 2.75) is 26.7 Å². The van der Waals surface area contributed by atoms with Crippen LogP contribution in [0.3, 0.4) is 0 Å². The number of ether oxygens (including phenoxy) is 2. The van der Waals surface area contributed by atoms with E-state index in [1.165, 1.54) is 0 Å². The maximum absolute atomic E-state index is 5.48. The SMILES string of the molecule is CC.COC(OC)c1ccc(CN)cc1. The highest BCUT2D eigenvalue weighted by Crippen LogP contribution is 2.17. The molecular weight excluding hydrogens is 190 g/mol. The van der Waals surface area contributed by atoms with Gasteiger partial charge in [0.25, 0.3) is 0 Å². The Hall–Kier alpha value is -0.900. The average Bonchev–Trinajstić information content (AvgIpc) is 2.34. The summed E-state index contributed by atoms with van der Waals surface area (Å²) in [5, 5.41) is 0. The van der Waals surface area contributed by atoms with Gasteiger partial charge in [0.1, 0.15) is 0 Å². The van der Waals surface area contributed by atoms with Crippen LogP contribution in [0.1, 0.15) is 31.3 Å². The monoisotopic (exact) mass is 211 g/mol. The van der Waals surface area contributed by atoms with Crippen molar-refractivity contribution in [2.75, 3.05) is 14.2 Å². The molecule has 1 aromatic rings. The van der Waals surface area contributed by atoms with E-state index < -0.39 is 0 Å². The molecule has 0 aliphatic rings. The highest BCUT2D eigenvalue weighted by Gasteiger charge is 2.07. The molecule has 0 atom stereocenters. The van der Waals surface area contributed by atoms with Crippen LogP contribution < -0.4 is 5.73 Å². The lowest BCUT2D eigenvalue weighted by molar-refractivity contribution is -0.106. The Bertz CT molecular complexity index is 242. The Morgan fingerprint density at radius 1 is 1.07 bits per heavy atom. The molecule has 2 N–H and O–H groups in total. The lowest BCUT2D eigenvalue weighted by Gasteiger charge is -2.13. The van der Waals surface area contributed by atoms with E-state index in [4.69, 9.17) is 15.2 Å². The third-order valence-corrected chi connectivity index (χ3v) is 1.92. The van der Waals surface area contributed by atoms with Crippen LogP contribution in [0.15, 0.2) is 24.3 Å². The van der Waals surface area contributed by atoms with Crippen molar-refractivity contribution in [3.8, 4) is 0 Å². The molecule has 1 rings (SSSR count). The van der Waals surface area contributed by atoms with Crippen LogP contribution in [-0.4, -0.2) is 14.2 Å². The van der Waals surface area contributed by atoms with Crippen LogP contribution in [0.25, 0.3) is 0 Å². The Balaban J connectivity index is 0.000000921. The highest BCUT2D eigenvalue weighted by molar-refractivity contribution is 5.23. The zero-order valence-electron chi connectivity index (χ0n) is 9.99. The van der Waals surface area contributed by atoms with Crippen molar-refractivity contribution in [3.63, 3.8) is 0 Å². The Kier molecular flexibility index (Phi) is 7.91. The quantitative estimate of drug-likeness (QED) is 0.778. The summed E-state index contributed by atoms with van der Waals surface area (Å²) < 4.78 is 10.2. The normalized spacial score (nSPS) is 9.73. The molecule has 0 spiro atoms. The third kappa shape index (κ3) is 4.42. The van der Waals surface area contributed by atoms with E-state index in [1.807, 2.05) is 38.1 Å². The van der Waals surface area contributed by atoms with Gasteiger partial charge >= 0.3 is 0 Å². The fraction of sp³-hybridized carbons (Fsp3) is 0.500. The van der Waals surface area contributed by atoms with Crippen LogP contribution in [0.4, 0.5) is 0 Å². The fourth-order valence-electron chi connectivity index (χ4n) is 1.18. The summed E-state index contributed by atoms with van der Waals surface area (Å²) in [5.41, 5.74) is 7.59. The van der Waals surface area contributed by atoms with Crippen LogP contribution in [0.5, 0.6) is 0 Å². The topological polar surface area (TPSA) is 44.5 Å². The summed E-state index contributed by atoms with van der Waals surface area (Å²) in [5.74, 6) is 0. The van der Waals surface area contributed by atoms with E-state index in [9.17, 15) is 0 Å². The third-order valence-electron chi connectivity index (χ3n) is 1.92.